The van der Waals surface area contributed by atoms with Gasteiger partial charge in [0.2, 0.25) is 0 Å². The Kier molecular flexibility index (Phi) is 6.62. The van der Waals surface area contributed by atoms with E-state index in [1.54, 1.807) is 22.7 Å². The molecule has 0 saturated carbocycles. The summed E-state index contributed by atoms with van der Waals surface area (Å²) >= 11 is 2.67. The molecule has 0 bridgehead atoms. The summed E-state index contributed by atoms with van der Waals surface area (Å²) in [5.74, 6) is -1.59. The Morgan fingerprint density at radius 1 is 1.27 bits per heavy atom. The number of rotatable bonds is 6. The van der Waals surface area contributed by atoms with E-state index >= 15 is 0 Å². The van der Waals surface area contributed by atoms with E-state index in [2.05, 4.69) is 9.88 Å². The van der Waals surface area contributed by atoms with Crippen molar-refractivity contribution in [3.63, 3.8) is 0 Å². The van der Waals surface area contributed by atoms with Crippen molar-refractivity contribution in [1.29, 1.82) is 0 Å². The number of carbonyl (C=O) groups is 1. The maximum Gasteiger partial charge on any atom is 0.260 e. The van der Waals surface area contributed by atoms with Crippen LogP contribution in [0.4, 0.5) is 13.9 Å². The van der Waals surface area contributed by atoms with E-state index < -0.39 is 11.6 Å². The third-order valence-electron chi connectivity index (χ3n) is 4.94. The smallest absolute Gasteiger partial charge is 0.260 e. The van der Waals surface area contributed by atoms with Crippen LogP contribution in [0, 0.1) is 11.6 Å². The Morgan fingerprint density at radius 3 is 2.83 bits per heavy atom. The monoisotopic (exact) mass is 449 g/mol. The fraction of sp³-hybridized carbons (Fsp3) is 0.333. The second-order valence-corrected chi connectivity index (χ2v) is 8.76. The van der Waals surface area contributed by atoms with Crippen LogP contribution in [0.3, 0.4) is 0 Å². The molecule has 0 unspecified atom stereocenters. The maximum absolute atomic E-state index is 14.2. The van der Waals surface area contributed by atoms with Gasteiger partial charge in [0.05, 0.1) is 17.9 Å². The molecular formula is C21H21F2N3O2S2. The minimum Gasteiger partial charge on any atom is -0.379 e. The Balaban J connectivity index is 1.67. The summed E-state index contributed by atoms with van der Waals surface area (Å²) in [4.78, 5) is 22.5. The van der Waals surface area contributed by atoms with Crippen molar-refractivity contribution < 1.29 is 18.3 Å². The van der Waals surface area contributed by atoms with Crippen molar-refractivity contribution in [2.45, 2.75) is 4.90 Å². The fourth-order valence-electron chi connectivity index (χ4n) is 3.32. The molecule has 0 spiro atoms. The zero-order chi connectivity index (χ0) is 21.1. The van der Waals surface area contributed by atoms with Crippen LogP contribution in [-0.4, -0.2) is 61.4 Å². The van der Waals surface area contributed by atoms with Crippen LogP contribution in [0.5, 0.6) is 0 Å². The summed E-state index contributed by atoms with van der Waals surface area (Å²) in [5.41, 5.74) is 0.619. The molecule has 30 heavy (non-hydrogen) atoms. The van der Waals surface area contributed by atoms with E-state index in [-0.39, 0.29) is 11.4 Å². The van der Waals surface area contributed by atoms with Gasteiger partial charge in [0.15, 0.2) is 10.9 Å². The van der Waals surface area contributed by atoms with Crippen molar-refractivity contribution in [1.82, 2.24) is 9.88 Å². The third kappa shape index (κ3) is 4.64. The highest BCUT2D eigenvalue weighted by molar-refractivity contribution is 7.98. The van der Waals surface area contributed by atoms with Crippen LogP contribution in [0.1, 0.15) is 10.4 Å². The quantitative estimate of drug-likeness (QED) is 0.526. The summed E-state index contributed by atoms with van der Waals surface area (Å²) in [6.45, 7) is 3.95. The number of thioether (sulfide) groups is 1. The van der Waals surface area contributed by atoms with Gasteiger partial charge in [-0.05, 0) is 30.5 Å². The zero-order valence-corrected chi connectivity index (χ0v) is 18.1. The number of halogens is 2. The van der Waals surface area contributed by atoms with Gasteiger partial charge >= 0.3 is 0 Å². The molecule has 158 valence electrons. The number of amides is 1. The first kappa shape index (κ1) is 21.2. The summed E-state index contributed by atoms with van der Waals surface area (Å²) in [6.07, 6.45) is 1.95. The van der Waals surface area contributed by atoms with Crippen LogP contribution in [0.2, 0.25) is 0 Å². The highest BCUT2D eigenvalue weighted by atomic mass is 32.2. The molecular weight excluding hydrogens is 428 g/mol. The molecule has 1 amide bonds. The molecule has 0 radical (unpaired) electrons. The molecule has 0 atom stereocenters. The molecule has 9 heteroatoms. The van der Waals surface area contributed by atoms with E-state index in [1.807, 2.05) is 24.5 Å². The van der Waals surface area contributed by atoms with Crippen molar-refractivity contribution in [3.05, 3.63) is 53.6 Å². The van der Waals surface area contributed by atoms with Gasteiger partial charge in [-0.3, -0.25) is 14.6 Å². The minimum atomic E-state index is -0.725. The van der Waals surface area contributed by atoms with Crippen LogP contribution >= 0.6 is 23.1 Å². The third-order valence-corrected chi connectivity index (χ3v) is 6.69. The van der Waals surface area contributed by atoms with Crippen molar-refractivity contribution in [3.8, 4) is 0 Å². The predicted molar refractivity (Wildman–Crippen MR) is 117 cm³/mol. The lowest BCUT2D eigenvalue weighted by Crippen LogP contribution is -2.43. The number of morpholine rings is 1. The molecule has 1 aliphatic rings. The average molecular weight is 450 g/mol. The highest BCUT2D eigenvalue weighted by Gasteiger charge is 2.24. The van der Waals surface area contributed by atoms with Gasteiger partial charge in [-0.15, -0.1) is 11.8 Å². The van der Waals surface area contributed by atoms with E-state index in [9.17, 15) is 13.6 Å². The number of thiazole rings is 1. The predicted octanol–water partition coefficient (Wildman–Crippen LogP) is 4.28. The number of carbonyl (C=O) groups excluding carboxylic acids is 1. The Labute approximate surface area is 181 Å². The summed E-state index contributed by atoms with van der Waals surface area (Å²) in [7, 11) is 0. The van der Waals surface area contributed by atoms with E-state index in [1.165, 1.54) is 6.07 Å². The van der Waals surface area contributed by atoms with Crippen LogP contribution in [0.15, 0.2) is 41.3 Å². The number of hydrogen-bond acceptors (Lipinski definition) is 6. The SMILES string of the molecule is CSc1cccc(C(=O)N(CCN2CCOCC2)c2nc3c(F)cc(F)cc3s2)c1. The van der Waals surface area contributed by atoms with Crippen LogP contribution in [-0.2, 0) is 4.74 Å². The molecule has 0 N–H and O–H groups in total. The first-order valence-electron chi connectivity index (χ1n) is 9.57. The topological polar surface area (TPSA) is 45.7 Å². The summed E-state index contributed by atoms with van der Waals surface area (Å²) in [6, 6.07) is 9.44. The summed E-state index contributed by atoms with van der Waals surface area (Å²) in [5, 5.41) is 0.363. The molecule has 2 heterocycles. The Bertz CT molecular complexity index is 1050. The first-order chi connectivity index (χ1) is 14.5. The zero-order valence-electron chi connectivity index (χ0n) is 16.4. The van der Waals surface area contributed by atoms with Gasteiger partial charge in [0.25, 0.3) is 5.91 Å². The largest absolute Gasteiger partial charge is 0.379 e. The highest BCUT2D eigenvalue weighted by Crippen LogP contribution is 2.32. The number of benzene rings is 2. The van der Waals surface area contributed by atoms with Crippen molar-refractivity contribution >= 4 is 44.4 Å². The number of aromatic nitrogens is 1. The molecule has 0 aliphatic carbocycles. The second-order valence-electron chi connectivity index (χ2n) is 6.87. The van der Waals surface area contributed by atoms with Gasteiger partial charge < -0.3 is 4.74 Å². The molecule has 3 aromatic rings. The molecule has 5 nitrogen and oxygen atoms in total. The normalized spacial score (nSPS) is 14.9. The van der Waals surface area contributed by atoms with Gasteiger partial charge in [0.1, 0.15) is 11.3 Å². The number of hydrogen-bond donors (Lipinski definition) is 0. The van der Waals surface area contributed by atoms with E-state index in [4.69, 9.17) is 4.74 Å². The number of ether oxygens (including phenoxy) is 1. The maximum atomic E-state index is 14.2. The number of fused-ring (bicyclic) bond motifs is 1. The molecule has 1 aliphatic heterocycles. The molecule has 4 rings (SSSR count). The van der Waals surface area contributed by atoms with Crippen molar-refractivity contribution in [2.24, 2.45) is 0 Å². The minimum absolute atomic E-state index is 0.0819. The fourth-order valence-corrected chi connectivity index (χ4v) is 4.81. The summed E-state index contributed by atoms with van der Waals surface area (Å²) < 4.78 is 33.6. The standard InChI is InChI=1S/C21H21F2N3O2S2/c1-29-16-4-2-3-14(11-16)20(27)26(6-5-25-7-9-28-10-8-25)21-24-19-17(23)12-15(22)13-18(19)30-21/h2-4,11-13H,5-10H2,1H3. The van der Waals surface area contributed by atoms with Gasteiger partial charge in [-0.25, -0.2) is 13.8 Å². The average Bonchev–Trinajstić information content (AvgIpc) is 3.18. The molecule has 2 aromatic carbocycles. The number of nitrogens with zero attached hydrogens (tertiary/aromatic N) is 3. The molecule has 1 fully saturated rings. The van der Waals surface area contributed by atoms with Crippen molar-refractivity contribution in [2.75, 3.05) is 50.5 Å². The lowest BCUT2D eigenvalue weighted by Gasteiger charge is -2.29. The first-order valence-corrected chi connectivity index (χ1v) is 11.6. The van der Waals surface area contributed by atoms with Crippen LogP contribution in [0.25, 0.3) is 10.2 Å². The lowest BCUT2D eigenvalue weighted by atomic mass is 10.2. The van der Waals surface area contributed by atoms with Gasteiger partial charge in [0, 0.05) is 42.7 Å². The molecule has 1 saturated heterocycles. The number of anilines is 1. The van der Waals surface area contributed by atoms with E-state index in [0.29, 0.717) is 41.7 Å². The Hall–Kier alpha value is -2.07. The molecule has 1 aromatic heterocycles. The lowest BCUT2D eigenvalue weighted by molar-refractivity contribution is 0.0391. The Morgan fingerprint density at radius 2 is 2.07 bits per heavy atom. The van der Waals surface area contributed by atoms with Gasteiger partial charge in [-0.1, -0.05) is 17.4 Å². The van der Waals surface area contributed by atoms with Gasteiger partial charge in [-0.2, -0.15) is 0 Å². The second kappa shape index (κ2) is 9.38. The van der Waals surface area contributed by atoms with E-state index in [0.717, 1.165) is 35.4 Å². The van der Waals surface area contributed by atoms with Crippen LogP contribution < -0.4 is 4.90 Å².